The third-order valence-electron chi connectivity index (χ3n) is 2.73. The van der Waals surface area contributed by atoms with Crippen LogP contribution in [0.25, 0.3) is 0 Å². The lowest BCUT2D eigenvalue weighted by Gasteiger charge is -2.22. The fraction of sp³-hybridized carbons (Fsp3) is 0.778. The Morgan fingerprint density at radius 2 is 2.27 bits per heavy atom. The Bertz CT molecular complexity index is 274. The molecule has 1 rings (SSSR count). The molecule has 1 fully saturated rings. The van der Waals surface area contributed by atoms with Gasteiger partial charge in [-0.05, 0) is 12.8 Å². The second-order valence-electron chi connectivity index (χ2n) is 3.79. The molecule has 0 heterocycles. The molecular weight excluding hydrogens is 198 g/mol. The van der Waals surface area contributed by atoms with Gasteiger partial charge in [-0.1, -0.05) is 5.16 Å². The smallest absolute Gasteiger partial charge is 0.236 e. The molecule has 0 atom stereocenters. The van der Waals surface area contributed by atoms with Crippen LogP contribution >= 0.6 is 0 Å². The minimum atomic E-state index is -0.753. The number of ether oxygens (including phenoxy) is 1. The highest BCUT2D eigenvalue weighted by atomic mass is 16.5. The van der Waals surface area contributed by atoms with Crippen LogP contribution in [0.5, 0.6) is 0 Å². The van der Waals surface area contributed by atoms with E-state index in [2.05, 4.69) is 5.16 Å². The molecule has 0 saturated heterocycles. The normalized spacial score (nSPS) is 18.7. The number of carbonyl (C=O) groups is 1. The first-order chi connectivity index (χ1) is 7.08. The lowest BCUT2D eigenvalue weighted by molar-refractivity contribution is -0.133. The Morgan fingerprint density at radius 1 is 1.67 bits per heavy atom. The van der Waals surface area contributed by atoms with Crippen molar-refractivity contribution in [3.8, 4) is 0 Å². The van der Waals surface area contributed by atoms with Crippen LogP contribution in [0.15, 0.2) is 5.16 Å². The van der Waals surface area contributed by atoms with E-state index < -0.39 is 5.41 Å². The first-order valence-electron chi connectivity index (χ1n) is 4.81. The fourth-order valence-electron chi connectivity index (χ4n) is 1.50. The Hall–Kier alpha value is -1.30. The van der Waals surface area contributed by atoms with Gasteiger partial charge in [0.15, 0.2) is 5.84 Å². The van der Waals surface area contributed by atoms with E-state index >= 15 is 0 Å². The molecule has 0 spiro atoms. The number of amidine groups is 1. The van der Waals surface area contributed by atoms with E-state index in [0.717, 1.165) is 0 Å². The predicted molar refractivity (Wildman–Crippen MR) is 54.6 cm³/mol. The topological polar surface area (TPSA) is 88.2 Å². The molecule has 0 aromatic carbocycles. The van der Waals surface area contributed by atoms with Gasteiger partial charge in [0.2, 0.25) is 5.91 Å². The average Bonchev–Trinajstić information content (AvgIpc) is 3.04. The highest BCUT2D eigenvalue weighted by Crippen LogP contribution is 2.47. The molecule has 0 aromatic rings. The summed E-state index contributed by atoms with van der Waals surface area (Å²) in [5.74, 6) is -0.0911. The summed E-state index contributed by atoms with van der Waals surface area (Å²) in [5.41, 5.74) is 4.75. The van der Waals surface area contributed by atoms with Crippen molar-refractivity contribution in [2.75, 3.05) is 27.3 Å². The molecule has 1 aliphatic carbocycles. The number of oxime groups is 1. The summed E-state index contributed by atoms with van der Waals surface area (Å²) in [6, 6.07) is 0. The highest BCUT2D eigenvalue weighted by Gasteiger charge is 2.55. The third-order valence-corrected chi connectivity index (χ3v) is 2.73. The van der Waals surface area contributed by atoms with E-state index in [4.69, 9.17) is 15.7 Å². The third kappa shape index (κ3) is 2.20. The van der Waals surface area contributed by atoms with Gasteiger partial charge in [0, 0.05) is 20.7 Å². The van der Waals surface area contributed by atoms with Crippen LogP contribution < -0.4 is 5.73 Å². The van der Waals surface area contributed by atoms with Gasteiger partial charge in [-0.2, -0.15) is 0 Å². The van der Waals surface area contributed by atoms with Gasteiger partial charge in [0.1, 0.15) is 5.41 Å². The van der Waals surface area contributed by atoms with Gasteiger partial charge < -0.3 is 20.6 Å². The molecular formula is C9H17N3O3. The van der Waals surface area contributed by atoms with Gasteiger partial charge in [-0.3, -0.25) is 4.79 Å². The summed E-state index contributed by atoms with van der Waals surface area (Å²) < 4.78 is 4.88. The zero-order valence-corrected chi connectivity index (χ0v) is 9.06. The number of nitrogens with two attached hydrogens (primary N) is 1. The van der Waals surface area contributed by atoms with Crippen LogP contribution in [0, 0.1) is 5.41 Å². The van der Waals surface area contributed by atoms with Crippen LogP contribution in [0.2, 0.25) is 0 Å². The zero-order valence-electron chi connectivity index (χ0n) is 9.06. The molecule has 0 aromatic heterocycles. The number of amides is 1. The molecule has 1 aliphatic rings. The molecule has 0 radical (unpaired) electrons. The second-order valence-corrected chi connectivity index (χ2v) is 3.79. The average molecular weight is 215 g/mol. The quantitative estimate of drug-likeness (QED) is 0.283. The maximum atomic E-state index is 11.9. The predicted octanol–water partition coefficient (Wildman–Crippen LogP) is -0.382. The van der Waals surface area contributed by atoms with Crippen molar-refractivity contribution in [2.45, 2.75) is 12.8 Å². The largest absolute Gasteiger partial charge is 0.409 e. The Kier molecular flexibility index (Phi) is 3.52. The van der Waals surface area contributed by atoms with Crippen molar-refractivity contribution in [1.82, 2.24) is 4.90 Å². The number of carbonyl (C=O) groups excluding carboxylic acids is 1. The molecule has 0 aliphatic heterocycles. The first-order valence-corrected chi connectivity index (χ1v) is 4.81. The summed E-state index contributed by atoms with van der Waals surface area (Å²) in [4.78, 5) is 13.5. The monoisotopic (exact) mass is 215 g/mol. The van der Waals surface area contributed by atoms with Gasteiger partial charge in [-0.15, -0.1) is 0 Å². The summed E-state index contributed by atoms with van der Waals surface area (Å²) in [5, 5.41) is 11.5. The molecule has 15 heavy (non-hydrogen) atoms. The number of methoxy groups -OCH3 is 1. The lowest BCUT2D eigenvalue weighted by atomic mass is 10.0. The second kappa shape index (κ2) is 4.48. The lowest BCUT2D eigenvalue weighted by Crippen LogP contribution is -2.42. The molecule has 6 heteroatoms. The standard InChI is InChI=1S/C9H17N3O3/c1-12(5-6-15-2)8(13)9(3-4-9)7(10)11-14/h14H,3-6H2,1-2H3,(H2,10,11). The van der Waals surface area contributed by atoms with E-state index in [0.29, 0.717) is 26.0 Å². The van der Waals surface area contributed by atoms with Gasteiger partial charge >= 0.3 is 0 Å². The highest BCUT2D eigenvalue weighted by molar-refractivity contribution is 6.09. The summed E-state index contributed by atoms with van der Waals surface area (Å²) in [7, 11) is 3.26. The minimum absolute atomic E-state index is 0.0109. The van der Waals surface area contributed by atoms with Crippen LogP contribution in [0.1, 0.15) is 12.8 Å². The SMILES string of the molecule is COCCN(C)C(=O)C1(C(N)=NO)CC1. The van der Waals surface area contributed by atoms with E-state index in [1.165, 1.54) is 0 Å². The van der Waals surface area contributed by atoms with Crippen molar-refractivity contribution >= 4 is 11.7 Å². The summed E-state index contributed by atoms with van der Waals surface area (Å²) in [6.45, 7) is 0.990. The molecule has 6 nitrogen and oxygen atoms in total. The van der Waals surface area contributed by atoms with Crippen LogP contribution in [0.3, 0.4) is 0 Å². The van der Waals surface area contributed by atoms with Gasteiger partial charge in [-0.25, -0.2) is 0 Å². The number of likely N-dealkylation sites (N-methyl/N-ethyl adjacent to an activating group) is 1. The molecule has 1 amide bonds. The van der Waals surface area contributed by atoms with Crippen molar-refractivity contribution in [2.24, 2.45) is 16.3 Å². The summed E-state index contributed by atoms with van der Waals surface area (Å²) >= 11 is 0. The molecule has 3 N–H and O–H groups in total. The zero-order chi connectivity index (χ0) is 11.5. The fourth-order valence-corrected chi connectivity index (χ4v) is 1.50. The number of hydrogen-bond acceptors (Lipinski definition) is 4. The van der Waals surface area contributed by atoms with E-state index in [-0.39, 0.29) is 11.7 Å². The number of nitrogens with zero attached hydrogens (tertiary/aromatic N) is 2. The molecule has 1 saturated carbocycles. The van der Waals surface area contributed by atoms with Crippen LogP contribution in [-0.4, -0.2) is 49.2 Å². The minimum Gasteiger partial charge on any atom is -0.409 e. The maximum Gasteiger partial charge on any atom is 0.236 e. The Balaban J connectivity index is 2.60. The van der Waals surface area contributed by atoms with Crippen molar-refractivity contribution in [3.05, 3.63) is 0 Å². The molecule has 0 unspecified atom stereocenters. The van der Waals surface area contributed by atoms with Crippen molar-refractivity contribution in [1.29, 1.82) is 0 Å². The van der Waals surface area contributed by atoms with Crippen LogP contribution in [0.4, 0.5) is 0 Å². The summed E-state index contributed by atoms with van der Waals surface area (Å²) in [6.07, 6.45) is 1.30. The molecule has 0 bridgehead atoms. The first kappa shape index (κ1) is 11.8. The van der Waals surface area contributed by atoms with E-state index in [9.17, 15) is 4.79 Å². The number of hydrogen-bond donors (Lipinski definition) is 2. The molecule has 86 valence electrons. The van der Waals surface area contributed by atoms with Crippen molar-refractivity contribution < 1.29 is 14.7 Å². The van der Waals surface area contributed by atoms with Crippen LogP contribution in [-0.2, 0) is 9.53 Å². The van der Waals surface area contributed by atoms with Gasteiger partial charge in [0.25, 0.3) is 0 Å². The Morgan fingerprint density at radius 3 is 2.67 bits per heavy atom. The van der Waals surface area contributed by atoms with Gasteiger partial charge in [0.05, 0.1) is 6.61 Å². The van der Waals surface area contributed by atoms with E-state index in [1.807, 2.05) is 0 Å². The Labute approximate surface area is 88.7 Å². The maximum absolute atomic E-state index is 11.9. The van der Waals surface area contributed by atoms with Crippen molar-refractivity contribution in [3.63, 3.8) is 0 Å². The number of rotatable bonds is 5. The van der Waals surface area contributed by atoms with E-state index in [1.54, 1.807) is 19.1 Å².